The van der Waals surface area contributed by atoms with Gasteiger partial charge in [-0.2, -0.15) is 0 Å². The lowest BCUT2D eigenvalue weighted by molar-refractivity contribution is -0.113. The van der Waals surface area contributed by atoms with Gasteiger partial charge in [-0.05, 0) is 88.8 Å². The summed E-state index contributed by atoms with van der Waals surface area (Å²) in [4.78, 5) is 26.7. The number of aryl methyl sites for hydroxylation is 1. The maximum atomic E-state index is 12.8. The molecule has 3 aromatic carbocycles. The number of halogens is 2. The van der Waals surface area contributed by atoms with E-state index in [0.717, 1.165) is 37.1 Å². The predicted octanol–water partition coefficient (Wildman–Crippen LogP) is 7.07. The molecule has 0 radical (unpaired) electrons. The Bertz CT molecular complexity index is 1190. The number of ether oxygens (including phenoxy) is 1. The second kappa shape index (κ2) is 9.46. The van der Waals surface area contributed by atoms with Gasteiger partial charge in [0.1, 0.15) is 12.4 Å². The van der Waals surface area contributed by atoms with Gasteiger partial charge >= 0.3 is 0 Å². The van der Waals surface area contributed by atoms with Gasteiger partial charge in [0.25, 0.3) is 11.1 Å². The van der Waals surface area contributed by atoms with Gasteiger partial charge in [-0.3, -0.25) is 9.59 Å². The van der Waals surface area contributed by atoms with Gasteiger partial charge in [0.15, 0.2) is 0 Å². The van der Waals surface area contributed by atoms with Crippen LogP contribution < -0.4 is 9.64 Å². The van der Waals surface area contributed by atoms with E-state index in [2.05, 4.69) is 41.6 Å². The fourth-order valence-corrected chi connectivity index (χ4v) is 4.75. The van der Waals surface area contributed by atoms with Crippen LogP contribution in [-0.4, -0.2) is 11.1 Å². The zero-order chi connectivity index (χ0) is 22.0. The normalized spacial score (nSPS) is 15.1. The number of amides is 2. The van der Waals surface area contributed by atoms with Crippen molar-refractivity contribution in [2.75, 3.05) is 4.90 Å². The molecule has 0 N–H and O–H groups in total. The fraction of sp³-hybridized carbons (Fsp3) is 0.0833. The van der Waals surface area contributed by atoms with E-state index in [1.54, 1.807) is 30.3 Å². The Morgan fingerprint density at radius 2 is 1.84 bits per heavy atom. The van der Waals surface area contributed by atoms with Crippen LogP contribution in [0.15, 0.2) is 71.6 Å². The smallest absolute Gasteiger partial charge is 0.298 e. The summed E-state index contributed by atoms with van der Waals surface area (Å²) in [6.45, 7) is 2.53. The van der Waals surface area contributed by atoms with E-state index >= 15 is 0 Å². The van der Waals surface area contributed by atoms with Crippen LogP contribution in [0.2, 0.25) is 5.02 Å². The Morgan fingerprint density at radius 1 is 1.06 bits per heavy atom. The highest BCUT2D eigenvalue weighted by Gasteiger charge is 2.36. The van der Waals surface area contributed by atoms with E-state index in [9.17, 15) is 9.59 Å². The standard InChI is InChI=1S/C24H17ClINO3S/c1-15-5-7-16(8-6-15)14-30-21-10-9-17(11-20(21)26)12-22-23(28)27(24(29)31-22)19-4-2-3-18(25)13-19/h2-13H,14H2,1H3/b22-12+. The number of imide groups is 1. The van der Waals surface area contributed by atoms with Crippen LogP contribution in [0, 0.1) is 10.5 Å². The number of rotatable bonds is 5. The third-order valence-corrected chi connectivity index (χ3v) is 6.58. The molecule has 0 bridgehead atoms. The molecule has 1 aliphatic heterocycles. The number of hydrogen-bond acceptors (Lipinski definition) is 4. The molecule has 1 heterocycles. The molecule has 1 fully saturated rings. The molecule has 7 heteroatoms. The minimum atomic E-state index is -0.355. The van der Waals surface area contributed by atoms with Gasteiger partial charge in [-0.15, -0.1) is 0 Å². The zero-order valence-corrected chi connectivity index (χ0v) is 20.2. The predicted molar refractivity (Wildman–Crippen MR) is 135 cm³/mol. The van der Waals surface area contributed by atoms with Crippen molar-refractivity contribution in [3.63, 3.8) is 0 Å². The lowest BCUT2D eigenvalue weighted by Gasteiger charge is -2.12. The van der Waals surface area contributed by atoms with Gasteiger partial charge < -0.3 is 4.74 Å². The molecule has 3 aromatic rings. The number of thioether (sulfide) groups is 1. The Balaban J connectivity index is 1.49. The Labute approximate surface area is 203 Å². The second-order valence-electron chi connectivity index (χ2n) is 6.96. The van der Waals surface area contributed by atoms with Crippen LogP contribution in [0.5, 0.6) is 5.75 Å². The zero-order valence-electron chi connectivity index (χ0n) is 16.5. The molecule has 4 rings (SSSR count). The number of benzene rings is 3. The molecule has 1 aliphatic rings. The number of anilines is 1. The molecule has 156 valence electrons. The topological polar surface area (TPSA) is 46.6 Å². The minimum Gasteiger partial charge on any atom is -0.488 e. The quantitative estimate of drug-likeness (QED) is 0.247. The summed E-state index contributed by atoms with van der Waals surface area (Å²) < 4.78 is 6.86. The van der Waals surface area contributed by atoms with Gasteiger partial charge in [0.2, 0.25) is 0 Å². The highest BCUT2D eigenvalue weighted by Crippen LogP contribution is 2.37. The second-order valence-corrected chi connectivity index (χ2v) is 9.55. The van der Waals surface area contributed by atoms with Crippen LogP contribution in [0.25, 0.3) is 6.08 Å². The van der Waals surface area contributed by atoms with Crippen LogP contribution in [0.4, 0.5) is 10.5 Å². The van der Waals surface area contributed by atoms with Crippen molar-refractivity contribution < 1.29 is 14.3 Å². The van der Waals surface area contributed by atoms with E-state index in [4.69, 9.17) is 16.3 Å². The molecule has 0 aliphatic carbocycles. The third kappa shape index (κ3) is 5.14. The summed E-state index contributed by atoms with van der Waals surface area (Å²) in [6, 6.07) is 20.6. The third-order valence-electron chi connectivity index (χ3n) is 4.63. The maximum Gasteiger partial charge on any atom is 0.298 e. The van der Waals surface area contributed by atoms with Crippen molar-refractivity contribution >= 4 is 68.9 Å². The van der Waals surface area contributed by atoms with Crippen molar-refractivity contribution in [3.8, 4) is 5.75 Å². The highest BCUT2D eigenvalue weighted by molar-refractivity contribution is 14.1. The first-order chi connectivity index (χ1) is 14.9. The molecule has 4 nitrogen and oxygen atoms in total. The molecular formula is C24H17ClINO3S. The summed E-state index contributed by atoms with van der Waals surface area (Å²) in [5.41, 5.74) is 3.60. The van der Waals surface area contributed by atoms with E-state index in [0.29, 0.717) is 22.2 Å². The Hall–Kier alpha value is -2.29. The van der Waals surface area contributed by atoms with E-state index in [1.807, 2.05) is 30.3 Å². The minimum absolute atomic E-state index is 0.341. The SMILES string of the molecule is Cc1ccc(COc2ccc(/C=C3/SC(=O)N(c4cccc(Cl)c4)C3=O)cc2I)cc1. The molecule has 1 saturated heterocycles. The highest BCUT2D eigenvalue weighted by atomic mass is 127. The lowest BCUT2D eigenvalue weighted by atomic mass is 10.1. The molecule has 0 unspecified atom stereocenters. The van der Waals surface area contributed by atoms with Crippen LogP contribution >= 0.6 is 46.0 Å². The lowest BCUT2D eigenvalue weighted by Crippen LogP contribution is -2.27. The first kappa shape index (κ1) is 21.9. The average molecular weight is 562 g/mol. The summed E-state index contributed by atoms with van der Waals surface area (Å²) in [7, 11) is 0. The van der Waals surface area contributed by atoms with Gasteiger partial charge in [-0.25, -0.2) is 4.90 Å². The monoisotopic (exact) mass is 561 g/mol. The molecule has 0 saturated carbocycles. The first-order valence-electron chi connectivity index (χ1n) is 9.42. The Morgan fingerprint density at radius 3 is 2.55 bits per heavy atom. The number of carbonyl (C=O) groups excluding carboxylic acids is 2. The van der Waals surface area contributed by atoms with Crippen molar-refractivity contribution in [1.29, 1.82) is 0 Å². The van der Waals surface area contributed by atoms with Crippen molar-refractivity contribution in [3.05, 3.63) is 96.9 Å². The van der Waals surface area contributed by atoms with Gasteiger partial charge in [0.05, 0.1) is 14.2 Å². The summed E-state index contributed by atoms with van der Waals surface area (Å²) in [6.07, 6.45) is 1.72. The largest absolute Gasteiger partial charge is 0.488 e. The van der Waals surface area contributed by atoms with Crippen molar-refractivity contribution in [2.45, 2.75) is 13.5 Å². The molecule has 0 atom stereocenters. The first-order valence-corrected chi connectivity index (χ1v) is 11.7. The summed E-state index contributed by atoms with van der Waals surface area (Å²) in [5, 5.41) is 0.127. The molecule has 0 spiro atoms. The maximum absolute atomic E-state index is 12.8. The Kier molecular flexibility index (Phi) is 6.69. The van der Waals surface area contributed by atoms with Crippen LogP contribution in [-0.2, 0) is 11.4 Å². The van der Waals surface area contributed by atoms with Crippen molar-refractivity contribution in [1.82, 2.24) is 0 Å². The number of nitrogens with zero attached hydrogens (tertiary/aromatic N) is 1. The van der Waals surface area contributed by atoms with Crippen LogP contribution in [0.1, 0.15) is 16.7 Å². The average Bonchev–Trinajstić information content (AvgIpc) is 3.01. The van der Waals surface area contributed by atoms with E-state index in [-0.39, 0.29) is 11.1 Å². The number of carbonyl (C=O) groups is 2. The van der Waals surface area contributed by atoms with E-state index < -0.39 is 0 Å². The van der Waals surface area contributed by atoms with Gasteiger partial charge in [0, 0.05) is 5.02 Å². The molecular weight excluding hydrogens is 545 g/mol. The summed E-state index contributed by atoms with van der Waals surface area (Å²) >= 11 is 9.13. The van der Waals surface area contributed by atoms with Crippen LogP contribution in [0.3, 0.4) is 0 Å². The number of hydrogen-bond donors (Lipinski definition) is 0. The van der Waals surface area contributed by atoms with Gasteiger partial charge in [-0.1, -0.05) is 53.6 Å². The van der Waals surface area contributed by atoms with Crippen molar-refractivity contribution in [2.24, 2.45) is 0 Å². The summed E-state index contributed by atoms with van der Waals surface area (Å²) in [5.74, 6) is 0.414. The molecule has 0 aromatic heterocycles. The van der Waals surface area contributed by atoms with E-state index in [1.165, 1.54) is 5.56 Å². The molecule has 2 amide bonds. The molecule has 31 heavy (non-hydrogen) atoms. The fourth-order valence-electron chi connectivity index (χ4n) is 3.03.